The number of anilines is 1. The lowest BCUT2D eigenvalue weighted by molar-refractivity contribution is -0.120. The van der Waals surface area contributed by atoms with E-state index in [0.29, 0.717) is 17.2 Å². The van der Waals surface area contributed by atoms with Gasteiger partial charge in [-0.2, -0.15) is 0 Å². The lowest BCUT2D eigenvalue weighted by atomic mass is 10.0. The molecule has 0 saturated carbocycles. The van der Waals surface area contributed by atoms with E-state index in [9.17, 15) is 18.0 Å². The Balaban J connectivity index is 1.81. The van der Waals surface area contributed by atoms with Crippen LogP contribution in [0.15, 0.2) is 48.5 Å². The van der Waals surface area contributed by atoms with Crippen molar-refractivity contribution in [3.8, 4) is 11.5 Å². The number of nitrogens with zero attached hydrogens (tertiary/aromatic N) is 1. The van der Waals surface area contributed by atoms with E-state index in [1.165, 1.54) is 18.7 Å². The molecule has 9 nitrogen and oxygen atoms in total. The Morgan fingerprint density at radius 2 is 1.74 bits per heavy atom. The number of rotatable bonds is 7. The second-order valence-electron chi connectivity index (χ2n) is 7.35. The Hall–Kier alpha value is -3.27. The van der Waals surface area contributed by atoms with E-state index in [0.717, 1.165) is 5.56 Å². The molecule has 1 atom stereocenters. The molecular formula is C21H25N3O6S. The molecule has 1 aliphatic rings. The van der Waals surface area contributed by atoms with Crippen LogP contribution in [0.5, 0.6) is 11.5 Å². The number of ether oxygens (including phenoxy) is 2. The average molecular weight is 448 g/mol. The summed E-state index contributed by atoms with van der Waals surface area (Å²) in [5.41, 5.74) is 1.36. The van der Waals surface area contributed by atoms with Gasteiger partial charge < -0.3 is 19.7 Å². The summed E-state index contributed by atoms with van der Waals surface area (Å²) < 4.78 is 36.6. The van der Waals surface area contributed by atoms with E-state index in [-0.39, 0.29) is 13.2 Å². The second kappa shape index (κ2) is 9.25. The van der Waals surface area contributed by atoms with Gasteiger partial charge in [0.05, 0.1) is 5.25 Å². The highest BCUT2D eigenvalue weighted by Crippen LogP contribution is 2.35. The molecule has 0 spiro atoms. The molecule has 10 heteroatoms. The fourth-order valence-corrected chi connectivity index (χ4v) is 3.49. The number of hydrogen-bond acceptors (Lipinski definition) is 6. The van der Waals surface area contributed by atoms with Gasteiger partial charge >= 0.3 is 6.03 Å². The Labute approximate surface area is 181 Å². The van der Waals surface area contributed by atoms with Crippen LogP contribution < -0.4 is 24.4 Å². The normalized spacial score (nSPS) is 13.5. The fraction of sp³-hybridized carbons (Fsp3) is 0.333. The van der Waals surface area contributed by atoms with Crippen LogP contribution in [0.2, 0.25) is 0 Å². The SMILES string of the molecule is CC(C)S(=O)(=O)NC(=O)NC(Cc1ccccc1)C(=O)N(C)c1ccc2c(c1)OCO2. The Kier molecular flexibility index (Phi) is 6.69. The average Bonchev–Trinajstić information content (AvgIpc) is 3.20. The van der Waals surface area contributed by atoms with Gasteiger partial charge in [-0.1, -0.05) is 30.3 Å². The molecule has 3 amide bonds. The van der Waals surface area contributed by atoms with Crippen LogP contribution in [-0.2, 0) is 21.2 Å². The first-order valence-corrected chi connectivity index (χ1v) is 11.3. The van der Waals surface area contributed by atoms with Crippen molar-refractivity contribution in [2.24, 2.45) is 0 Å². The second-order valence-corrected chi connectivity index (χ2v) is 9.58. The molecule has 0 bridgehead atoms. The zero-order valence-corrected chi connectivity index (χ0v) is 18.3. The highest BCUT2D eigenvalue weighted by Gasteiger charge is 2.28. The van der Waals surface area contributed by atoms with Crippen LogP contribution in [0.4, 0.5) is 10.5 Å². The third kappa shape index (κ3) is 5.46. The zero-order valence-electron chi connectivity index (χ0n) is 17.5. The molecule has 31 heavy (non-hydrogen) atoms. The molecule has 0 saturated heterocycles. The minimum Gasteiger partial charge on any atom is -0.454 e. The summed E-state index contributed by atoms with van der Waals surface area (Å²) in [5, 5.41) is 1.71. The van der Waals surface area contributed by atoms with E-state index in [1.54, 1.807) is 25.2 Å². The van der Waals surface area contributed by atoms with Crippen molar-refractivity contribution in [3.63, 3.8) is 0 Å². The number of carbonyl (C=O) groups excluding carboxylic acids is 2. The summed E-state index contributed by atoms with van der Waals surface area (Å²) in [7, 11) is -2.27. The number of amides is 3. The lowest BCUT2D eigenvalue weighted by Gasteiger charge is -2.25. The number of sulfonamides is 1. The van der Waals surface area contributed by atoms with E-state index in [2.05, 4.69) is 5.32 Å². The molecule has 3 rings (SSSR count). The quantitative estimate of drug-likeness (QED) is 0.671. The summed E-state index contributed by atoms with van der Waals surface area (Å²) in [6.45, 7) is 3.02. The van der Waals surface area contributed by atoms with Crippen LogP contribution in [0.1, 0.15) is 19.4 Å². The van der Waals surface area contributed by atoms with Crippen molar-refractivity contribution < 1.29 is 27.5 Å². The van der Waals surface area contributed by atoms with Gasteiger partial charge in [0.15, 0.2) is 11.5 Å². The number of hydrogen-bond donors (Lipinski definition) is 2. The number of urea groups is 1. The van der Waals surface area contributed by atoms with Gasteiger partial charge in [-0.05, 0) is 31.5 Å². The summed E-state index contributed by atoms with van der Waals surface area (Å²) in [6.07, 6.45) is 0.184. The molecule has 1 unspecified atom stereocenters. The van der Waals surface area contributed by atoms with Crippen LogP contribution in [-0.4, -0.2) is 45.5 Å². The van der Waals surface area contributed by atoms with Crippen molar-refractivity contribution >= 4 is 27.6 Å². The fourth-order valence-electron chi connectivity index (χ4n) is 2.94. The van der Waals surface area contributed by atoms with Crippen LogP contribution >= 0.6 is 0 Å². The Morgan fingerprint density at radius 3 is 2.42 bits per heavy atom. The van der Waals surface area contributed by atoms with Gasteiger partial charge in [-0.3, -0.25) is 4.79 Å². The maximum Gasteiger partial charge on any atom is 0.329 e. The number of likely N-dealkylation sites (N-methyl/N-ethyl adjacent to an activating group) is 1. The summed E-state index contributed by atoms with van der Waals surface area (Å²) in [6, 6.07) is 12.2. The molecule has 166 valence electrons. The molecule has 0 aliphatic carbocycles. The molecular weight excluding hydrogens is 422 g/mol. The first-order chi connectivity index (χ1) is 14.7. The first-order valence-electron chi connectivity index (χ1n) is 9.70. The molecule has 0 fully saturated rings. The topological polar surface area (TPSA) is 114 Å². The predicted molar refractivity (Wildman–Crippen MR) is 116 cm³/mol. The van der Waals surface area contributed by atoms with Gasteiger partial charge in [-0.25, -0.2) is 17.9 Å². The van der Waals surface area contributed by atoms with E-state index >= 15 is 0 Å². The zero-order chi connectivity index (χ0) is 22.6. The highest BCUT2D eigenvalue weighted by molar-refractivity contribution is 7.90. The minimum absolute atomic E-state index is 0.110. The molecule has 2 aromatic carbocycles. The van der Waals surface area contributed by atoms with Crippen molar-refractivity contribution in [1.82, 2.24) is 10.0 Å². The van der Waals surface area contributed by atoms with E-state index in [1.807, 2.05) is 35.1 Å². The largest absolute Gasteiger partial charge is 0.454 e. The van der Waals surface area contributed by atoms with Crippen molar-refractivity contribution in [1.29, 1.82) is 0 Å². The van der Waals surface area contributed by atoms with Gasteiger partial charge in [-0.15, -0.1) is 0 Å². The number of benzene rings is 2. The molecule has 2 N–H and O–H groups in total. The van der Waals surface area contributed by atoms with Crippen LogP contribution in [0.25, 0.3) is 0 Å². The molecule has 0 radical (unpaired) electrons. The summed E-state index contributed by atoms with van der Waals surface area (Å²) in [4.78, 5) is 27.0. The monoisotopic (exact) mass is 447 g/mol. The van der Waals surface area contributed by atoms with Gasteiger partial charge in [0.2, 0.25) is 22.7 Å². The maximum absolute atomic E-state index is 13.2. The van der Waals surface area contributed by atoms with Gasteiger partial charge in [0.25, 0.3) is 0 Å². The van der Waals surface area contributed by atoms with Gasteiger partial charge in [0.1, 0.15) is 6.04 Å². The highest BCUT2D eigenvalue weighted by atomic mass is 32.2. The maximum atomic E-state index is 13.2. The van der Waals surface area contributed by atoms with Crippen LogP contribution in [0, 0.1) is 0 Å². The Morgan fingerprint density at radius 1 is 1.06 bits per heavy atom. The Bertz CT molecular complexity index is 1060. The summed E-state index contributed by atoms with van der Waals surface area (Å²) in [5.74, 6) is 0.687. The van der Waals surface area contributed by atoms with E-state index < -0.39 is 33.3 Å². The first kappa shape index (κ1) is 22.4. The predicted octanol–water partition coefficient (Wildman–Crippen LogP) is 2.03. The molecule has 2 aromatic rings. The standard InChI is InChI=1S/C21H25N3O6S/c1-14(2)31(27,28)23-21(26)22-17(11-15-7-5-4-6-8-15)20(25)24(3)16-9-10-18-19(12-16)30-13-29-18/h4-10,12,14,17H,11,13H2,1-3H3,(H2,22,23,26). The molecule has 1 aliphatic heterocycles. The van der Waals surface area contributed by atoms with E-state index in [4.69, 9.17) is 9.47 Å². The number of nitrogens with one attached hydrogen (secondary N) is 2. The van der Waals surface area contributed by atoms with Crippen molar-refractivity contribution in [2.45, 2.75) is 31.6 Å². The minimum atomic E-state index is -3.84. The molecule has 1 heterocycles. The van der Waals surface area contributed by atoms with Crippen molar-refractivity contribution in [2.75, 3.05) is 18.7 Å². The number of fused-ring (bicyclic) bond motifs is 1. The third-order valence-electron chi connectivity index (χ3n) is 4.82. The molecule has 0 aromatic heterocycles. The smallest absolute Gasteiger partial charge is 0.329 e. The third-order valence-corrected chi connectivity index (χ3v) is 6.53. The summed E-state index contributed by atoms with van der Waals surface area (Å²) >= 11 is 0. The lowest BCUT2D eigenvalue weighted by Crippen LogP contribution is -2.53. The van der Waals surface area contributed by atoms with Crippen LogP contribution in [0.3, 0.4) is 0 Å². The van der Waals surface area contributed by atoms with Gasteiger partial charge in [0, 0.05) is 25.2 Å². The number of carbonyl (C=O) groups is 2. The van der Waals surface area contributed by atoms with Crippen molar-refractivity contribution in [3.05, 3.63) is 54.1 Å².